The molecule has 1 N–H and O–H groups in total. The van der Waals surface area contributed by atoms with Crippen LogP contribution in [0.3, 0.4) is 0 Å². The first-order chi connectivity index (χ1) is 8.47. The fourth-order valence-corrected chi connectivity index (χ4v) is 2.16. The van der Waals surface area contributed by atoms with Crippen molar-refractivity contribution in [2.75, 3.05) is 6.54 Å². The maximum Gasteiger partial charge on any atom is 0.417 e. The van der Waals surface area contributed by atoms with Gasteiger partial charge in [0.15, 0.2) is 0 Å². The minimum atomic E-state index is -4.41. The summed E-state index contributed by atoms with van der Waals surface area (Å²) in [5.41, 5.74) is -1.17. The zero-order valence-corrected chi connectivity index (χ0v) is 9.83. The Hall–Kier alpha value is -1.30. The molecule has 1 atom stereocenters. The van der Waals surface area contributed by atoms with Gasteiger partial charge in [-0.05, 0) is 25.5 Å². The lowest BCUT2D eigenvalue weighted by atomic mass is 10.1. The molecular weight excluding hydrogens is 245 g/mol. The van der Waals surface area contributed by atoms with E-state index < -0.39 is 17.3 Å². The Morgan fingerprint density at radius 1 is 1.33 bits per heavy atom. The van der Waals surface area contributed by atoms with Crippen LogP contribution >= 0.6 is 0 Å². The summed E-state index contributed by atoms with van der Waals surface area (Å²) in [5.74, 6) is 0. The van der Waals surface area contributed by atoms with Crippen LogP contribution in [0.15, 0.2) is 23.1 Å². The van der Waals surface area contributed by atoms with Gasteiger partial charge in [0.25, 0.3) is 5.56 Å². The Morgan fingerprint density at radius 3 is 2.72 bits per heavy atom. The molecule has 0 bridgehead atoms. The van der Waals surface area contributed by atoms with Gasteiger partial charge in [-0.15, -0.1) is 0 Å². The van der Waals surface area contributed by atoms with E-state index in [0.717, 1.165) is 48.7 Å². The van der Waals surface area contributed by atoms with E-state index in [2.05, 4.69) is 5.32 Å². The summed E-state index contributed by atoms with van der Waals surface area (Å²) in [4.78, 5) is 11.5. The number of alkyl halides is 3. The Labute approximate surface area is 103 Å². The van der Waals surface area contributed by atoms with Crippen LogP contribution in [-0.4, -0.2) is 17.2 Å². The number of hydrogen-bond acceptors (Lipinski definition) is 2. The zero-order valence-electron chi connectivity index (χ0n) is 9.83. The zero-order chi connectivity index (χ0) is 13.2. The summed E-state index contributed by atoms with van der Waals surface area (Å²) < 4.78 is 38.8. The van der Waals surface area contributed by atoms with E-state index in [1.54, 1.807) is 0 Å². The van der Waals surface area contributed by atoms with Gasteiger partial charge in [0.05, 0.1) is 5.56 Å². The fourth-order valence-electron chi connectivity index (χ4n) is 2.16. The summed E-state index contributed by atoms with van der Waals surface area (Å²) in [6.45, 7) is 1.15. The van der Waals surface area contributed by atoms with E-state index >= 15 is 0 Å². The third-order valence-corrected chi connectivity index (χ3v) is 3.14. The molecule has 0 aliphatic carbocycles. The van der Waals surface area contributed by atoms with Crippen LogP contribution in [0.5, 0.6) is 0 Å². The van der Waals surface area contributed by atoms with Crippen molar-refractivity contribution in [3.05, 3.63) is 34.2 Å². The highest BCUT2D eigenvalue weighted by atomic mass is 19.4. The largest absolute Gasteiger partial charge is 0.417 e. The Morgan fingerprint density at radius 2 is 2.11 bits per heavy atom. The van der Waals surface area contributed by atoms with Crippen LogP contribution in [-0.2, 0) is 12.7 Å². The molecule has 18 heavy (non-hydrogen) atoms. The van der Waals surface area contributed by atoms with Crippen molar-refractivity contribution in [3.8, 4) is 0 Å². The summed E-state index contributed by atoms with van der Waals surface area (Å²) in [5, 5.41) is 3.21. The van der Waals surface area contributed by atoms with Gasteiger partial charge >= 0.3 is 6.18 Å². The Kier molecular flexibility index (Phi) is 3.75. The highest BCUT2D eigenvalue weighted by Crippen LogP contribution is 2.28. The molecule has 100 valence electrons. The van der Waals surface area contributed by atoms with Crippen LogP contribution in [0.2, 0.25) is 0 Å². The topological polar surface area (TPSA) is 34.0 Å². The lowest BCUT2D eigenvalue weighted by Crippen LogP contribution is -2.39. The summed E-state index contributed by atoms with van der Waals surface area (Å²) in [7, 11) is 0. The van der Waals surface area contributed by atoms with E-state index in [4.69, 9.17) is 0 Å². The van der Waals surface area contributed by atoms with Gasteiger partial charge in [-0.2, -0.15) is 13.2 Å². The van der Waals surface area contributed by atoms with E-state index in [0.29, 0.717) is 6.54 Å². The van der Waals surface area contributed by atoms with Gasteiger partial charge in [0.1, 0.15) is 0 Å². The van der Waals surface area contributed by atoms with Gasteiger partial charge in [-0.3, -0.25) is 4.79 Å². The van der Waals surface area contributed by atoms with E-state index in [9.17, 15) is 18.0 Å². The van der Waals surface area contributed by atoms with Gasteiger partial charge in [-0.1, -0.05) is 6.42 Å². The van der Waals surface area contributed by atoms with Crippen molar-refractivity contribution in [2.45, 2.75) is 38.0 Å². The third kappa shape index (κ3) is 3.13. The molecule has 2 rings (SSSR count). The van der Waals surface area contributed by atoms with Crippen LogP contribution in [0.1, 0.15) is 24.8 Å². The van der Waals surface area contributed by atoms with E-state index in [1.165, 1.54) is 0 Å². The predicted molar refractivity (Wildman–Crippen MR) is 61.3 cm³/mol. The number of hydrogen-bond donors (Lipinski definition) is 1. The number of pyridine rings is 1. The molecule has 1 fully saturated rings. The van der Waals surface area contributed by atoms with Gasteiger partial charge < -0.3 is 9.88 Å². The number of rotatable bonds is 2. The Bertz CT molecular complexity index is 461. The van der Waals surface area contributed by atoms with Crippen molar-refractivity contribution in [2.24, 2.45) is 0 Å². The van der Waals surface area contributed by atoms with Crippen LogP contribution < -0.4 is 10.9 Å². The lowest BCUT2D eigenvalue weighted by Gasteiger charge is -2.24. The first-order valence-corrected chi connectivity index (χ1v) is 5.98. The summed E-state index contributed by atoms with van der Waals surface area (Å²) >= 11 is 0. The number of nitrogens with zero attached hydrogens (tertiary/aromatic N) is 1. The first kappa shape index (κ1) is 13.1. The predicted octanol–water partition coefficient (Wildman–Crippen LogP) is 2.01. The van der Waals surface area contributed by atoms with Crippen molar-refractivity contribution in [1.29, 1.82) is 0 Å². The minimum Gasteiger partial charge on any atom is -0.313 e. The molecule has 2 heterocycles. The molecule has 1 aliphatic heterocycles. The number of aromatic nitrogens is 1. The molecular formula is C12H15F3N2O. The number of nitrogens with one attached hydrogen (secondary N) is 1. The quantitative estimate of drug-likeness (QED) is 0.882. The SMILES string of the molecule is O=c1ccc(C(F)(F)F)cn1CC1CCCCN1. The first-order valence-electron chi connectivity index (χ1n) is 5.98. The van der Waals surface area contributed by atoms with Gasteiger partial charge in [-0.25, -0.2) is 0 Å². The average Bonchev–Trinajstić information content (AvgIpc) is 2.32. The molecule has 1 unspecified atom stereocenters. The van der Waals surface area contributed by atoms with Gasteiger partial charge in [0, 0.05) is 24.8 Å². The molecule has 0 amide bonds. The van der Waals surface area contributed by atoms with Crippen molar-refractivity contribution >= 4 is 0 Å². The van der Waals surface area contributed by atoms with Crippen LogP contribution in [0, 0.1) is 0 Å². The molecule has 1 aliphatic rings. The second kappa shape index (κ2) is 5.14. The molecule has 0 saturated carbocycles. The lowest BCUT2D eigenvalue weighted by molar-refractivity contribution is -0.138. The maximum absolute atomic E-state index is 12.5. The fraction of sp³-hybridized carbons (Fsp3) is 0.583. The monoisotopic (exact) mass is 260 g/mol. The van der Waals surface area contributed by atoms with Gasteiger partial charge in [0.2, 0.25) is 0 Å². The second-order valence-corrected chi connectivity index (χ2v) is 4.55. The molecule has 0 aromatic carbocycles. The van der Waals surface area contributed by atoms with E-state index in [-0.39, 0.29) is 6.04 Å². The molecule has 3 nitrogen and oxygen atoms in total. The molecule has 0 radical (unpaired) electrons. The molecule has 0 spiro atoms. The average molecular weight is 260 g/mol. The maximum atomic E-state index is 12.5. The summed E-state index contributed by atoms with van der Waals surface area (Å²) in [6.07, 6.45) is -0.490. The van der Waals surface area contributed by atoms with Crippen LogP contribution in [0.4, 0.5) is 13.2 Å². The molecule has 1 aromatic heterocycles. The van der Waals surface area contributed by atoms with Crippen LogP contribution in [0.25, 0.3) is 0 Å². The molecule has 1 aromatic rings. The standard InChI is InChI=1S/C12H15F3N2O/c13-12(14,15)9-4-5-11(18)17(7-9)8-10-3-1-2-6-16-10/h4-5,7,10,16H,1-3,6,8H2. The molecule has 1 saturated heterocycles. The highest BCUT2D eigenvalue weighted by Gasteiger charge is 2.31. The highest BCUT2D eigenvalue weighted by molar-refractivity contribution is 5.13. The normalized spacial score (nSPS) is 20.9. The smallest absolute Gasteiger partial charge is 0.313 e. The number of piperidine rings is 1. The van der Waals surface area contributed by atoms with Crippen molar-refractivity contribution in [3.63, 3.8) is 0 Å². The Balaban J connectivity index is 2.18. The molecule has 6 heteroatoms. The minimum absolute atomic E-state index is 0.0833. The number of halogens is 3. The van der Waals surface area contributed by atoms with Crippen molar-refractivity contribution in [1.82, 2.24) is 9.88 Å². The third-order valence-electron chi connectivity index (χ3n) is 3.14. The van der Waals surface area contributed by atoms with Crippen molar-refractivity contribution < 1.29 is 13.2 Å². The second-order valence-electron chi connectivity index (χ2n) is 4.55. The van der Waals surface area contributed by atoms with E-state index in [1.807, 2.05) is 0 Å². The summed E-state index contributed by atoms with van der Waals surface area (Å²) in [6, 6.07) is 1.89.